The van der Waals surface area contributed by atoms with Crippen LogP contribution in [-0.4, -0.2) is 100 Å². The maximum absolute atomic E-state index is 13.1. The van der Waals surface area contributed by atoms with E-state index < -0.39 is 49.5 Å². The minimum Gasteiger partial charge on any atom is -0.466 e. The molecule has 1 amide bonds. The van der Waals surface area contributed by atoms with Crippen molar-refractivity contribution in [3.8, 4) is 0 Å². The molecule has 0 radical (unpaired) electrons. The highest BCUT2D eigenvalue weighted by Crippen LogP contribution is 2.24. The van der Waals surface area contributed by atoms with Crippen molar-refractivity contribution in [2.24, 2.45) is 0 Å². The number of aliphatic hydroxyl groups is 5. The zero-order chi connectivity index (χ0) is 71.5. The Morgan fingerprint density at radius 2 is 0.657 bits per heavy atom. The first kappa shape index (κ1) is 94.9. The number of allylic oxidation sites excluding steroid dienone is 5. The summed E-state index contributed by atoms with van der Waals surface area (Å²) < 4.78 is 16.8. The van der Waals surface area contributed by atoms with E-state index in [1.54, 1.807) is 6.08 Å². The molecule has 584 valence electrons. The van der Waals surface area contributed by atoms with Crippen LogP contribution in [0.4, 0.5) is 0 Å². The molecule has 7 unspecified atom stereocenters. The maximum Gasteiger partial charge on any atom is 0.305 e. The van der Waals surface area contributed by atoms with Crippen molar-refractivity contribution in [1.82, 2.24) is 5.32 Å². The molecule has 1 aliphatic heterocycles. The summed E-state index contributed by atoms with van der Waals surface area (Å²) in [6.07, 6.45) is 92.1. The topological polar surface area (TPSA) is 175 Å². The van der Waals surface area contributed by atoms with Crippen molar-refractivity contribution >= 4 is 11.9 Å². The quantitative estimate of drug-likeness (QED) is 0.0195. The van der Waals surface area contributed by atoms with Gasteiger partial charge < -0.3 is 45.1 Å². The van der Waals surface area contributed by atoms with Gasteiger partial charge in [0.25, 0.3) is 0 Å². The van der Waals surface area contributed by atoms with Crippen LogP contribution in [0.2, 0.25) is 0 Å². The van der Waals surface area contributed by atoms with Gasteiger partial charge in [-0.25, -0.2) is 0 Å². The van der Waals surface area contributed by atoms with E-state index in [9.17, 15) is 35.1 Å². The number of hydrogen-bond acceptors (Lipinski definition) is 10. The van der Waals surface area contributed by atoms with Crippen LogP contribution in [0.25, 0.3) is 0 Å². The lowest BCUT2D eigenvalue weighted by Gasteiger charge is -2.40. The predicted molar refractivity (Wildman–Crippen MR) is 421 cm³/mol. The van der Waals surface area contributed by atoms with Crippen LogP contribution < -0.4 is 5.32 Å². The second-order valence-corrected chi connectivity index (χ2v) is 30.6. The monoisotopic (exact) mass is 1400 g/mol. The third-order valence-corrected chi connectivity index (χ3v) is 21.0. The summed E-state index contributed by atoms with van der Waals surface area (Å²) in [7, 11) is 0. The Labute approximate surface area is 613 Å². The SMILES string of the molecule is CCCCCCC/C=C/CC/C=C/CC/C=C/C(O)C(COC1OC(CO)C(O)C(O)C1O)NC(=O)CCCCCCCCCCCCCCCCCCCCCCCCCCCCCCCCCCCCCCCCCOC(=O)CCCCCCCCCCCCCCCCCCC. The average Bonchev–Trinajstić information content (AvgIpc) is 0.834. The van der Waals surface area contributed by atoms with Crippen LogP contribution in [0, 0.1) is 0 Å². The zero-order valence-electron chi connectivity index (χ0n) is 65.5. The van der Waals surface area contributed by atoms with Crippen molar-refractivity contribution in [3.05, 3.63) is 36.5 Å². The van der Waals surface area contributed by atoms with Crippen LogP contribution in [0.3, 0.4) is 0 Å². The Hall–Kier alpha value is -2.12. The number of ether oxygens (including phenoxy) is 3. The van der Waals surface area contributed by atoms with E-state index >= 15 is 0 Å². The molecule has 7 atom stereocenters. The highest BCUT2D eigenvalue weighted by atomic mass is 16.7. The lowest BCUT2D eigenvalue weighted by atomic mass is 9.99. The van der Waals surface area contributed by atoms with Gasteiger partial charge in [-0.2, -0.15) is 0 Å². The Kier molecular flexibility index (Phi) is 73.8. The summed E-state index contributed by atoms with van der Waals surface area (Å²) in [5.74, 6) is -0.165. The molecule has 0 aromatic carbocycles. The van der Waals surface area contributed by atoms with Crippen LogP contribution in [0.15, 0.2) is 36.5 Å². The lowest BCUT2D eigenvalue weighted by Crippen LogP contribution is -2.60. The van der Waals surface area contributed by atoms with E-state index in [0.29, 0.717) is 19.4 Å². The third kappa shape index (κ3) is 65.2. The average molecular weight is 1400 g/mol. The summed E-state index contributed by atoms with van der Waals surface area (Å²) in [4.78, 5) is 25.2. The number of unbranched alkanes of at least 4 members (excludes halogenated alkanes) is 61. The number of amides is 1. The van der Waals surface area contributed by atoms with Gasteiger partial charge in [-0.3, -0.25) is 9.59 Å². The molecule has 0 aromatic rings. The Bertz CT molecular complexity index is 1740. The number of aliphatic hydroxyl groups excluding tert-OH is 5. The van der Waals surface area contributed by atoms with Gasteiger partial charge in [0.2, 0.25) is 5.91 Å². The molecule has 1 aliphatic rings. The van der Waals surface area contributed by atoms with Crippen LogP contribution in [0.1, 0.15) is 450 Å². The number of carbonyl (C=O) groups is 2. The van der Waals surface area contributed by atoms with Crippen molar-refractivity contribution in [2.45, 2.75) is 493 Å². The number of nitrogens with one attached hydrogen (secondary N) is 1. The van der Waals surface area contributed by atoms with E-state index in [0.717, 1.165) is 64.2 Å². The largest absolute Gasteiger partial charge is 0.466 e. The van der Waals surface area contributed by atoms with Gasteiger partial charge in [0.15, 0.2) is 6.29 Å². The Morgan fingerprint density at radius 3 is 1.00 bits per heavy atom. The molecular formula is C88H167NO10. The smallest absolute Gasteiger partial charge is 0.305 e. The van der Waals surface area contributed by atoms with Crippen LogP contribution in [0.5, 0.6) is 0 Å². The van der Waals surface area contributed by atoms with Gasteiger partial charge in [0, 0.05) is 12.8 Å². The fourth-order valence-corrected chi connectivity index (χ4v) is 14.2. The highest BCUT2D eigenvalue weighted by Gasteiger charge is 2.44. The molecule has 1 rings (SSSR count). The fourth-order valence-electron chi connectivity index (χ4n) is 14.2. The molecule has 6 N–H and O–H groups in total. The van der Waals surface area contributed by atoms with E-state index in [-0.39, 0.29) is 18.5 Å². The van der Waals surface area contributed by atoms with Gasteiger partial charge >= 0.3 is 5.97 Å². The van der Waals surface area contributed by atoms with Crippen molar-refractivity contribution in [1.29, 1.82) is 0 Å². The maximum atomic E-state index is 13.1. The Morgan fingerprint density at radius 1 is 0.364 bits per heavy atom. The standard InChI is InChI=1S/C88H167NO10/c1-3-5-7-9-11-13-15-17-19-43-48-52-56-60-64-68-72-76-84(93)97-77-73-69-65-61-57-53-49-45-42-40-38-36-34-32-30-28-26-24-22-20-21-23-25-27-29-31-33-35-37-39-41-44-47-51-55-59-63-67-71-75-83(92)89-80(79-98-88-87(96)86(95)85(94)82(78-90)99-88)81(91)74-70-66-62-58-54-50-46-18-16-14-12-10-8-6-4-2/h16,18,54,58,70,74,80-82,85-88,90-91,94-96H,3-15,17,19-53,55-57,59-69,71-73,75-79H2,1-2H3,(H,89,92)/b18-16+,58-54+,74-70+. The molecule has 0 spiro atoms. The molecule has 11 heteroatoms. The molecule has 0 saturated carbocycles. The summed E-state index contributed by atoms with van der Waals surface area (Å²) >= 11 is 0. The van der Waals surface area contributed by atoms with Gasteiger partial charge in [0.05, 0.1) is 32.0 Å². The number of hydrogen-bond donors (Lipinski definition) is 6. The predicted octanol–water partition coefficient (Wildman–Crippen LogP) is 24.4. The molecule has 1 saturated heterocycles. The van der Waals surface area contributed by atoms with Crippen molar-refractivity contribution in [3.63, 3.8) is 0 Å². The molecule has 1 fully saturated rings. The fraction of sp³-hybridized carbons (Fsp3) is 0.909. The zero-order valence-corrected chi connectivity index (χ0v) is 65.5. The van der Waals surface area contributed by atoms with Gasteiger partial charge in [0.1, 0.15) is 24.4 Å². The molecule has 0 bridgehead atoms. The molecule has 99 heavy (non-hydrogen) atoms. The molecular weight excluding hydrogens is 1230 g/mol. The summed E-state index contributed by atoms with van der Waals surface area (Å²) in [6.45, 7) is 4.38. The molecule has 11 nitrogen and oxygen atoms in total. The highest BCUT2D eigenvalue weighted by molar-refractivity contribution is 5.76. The second-order valence-electron chi connectivity index (χ2n) is 30.6. The minimum absolute atomic E-state index is 0.0231. The van der Waals surface area contributed by atoms with Gasteiger partial charge in [-0.1, -0.05) is 416 Å². The Balaban J connectivity index is 1.87. The molecule has 0 aromatic heterocycles. The first-order valence-electron chi connectivity index (χ1n) is 43.8. The minimum atomic E-state index is -1.58. The summed E-state index contributed by atoms with van der Waals surface area (Å²) in [5, 5.41) is 54.6. The van der Waals surface area contributed by atoms with Crippen molar-refractivity contribution < 1.29 is 49.3 Å². The van der Waals surface area contributed by atoms with Crippen molar-refractivity contribution in [2.75, 3.05) is 19.8 Å². The number of esters is 1. The third-order valence-electron chi connectivity index (χ3n) is 21.0. The van der Waals surface area contributed by atoms with Crippen LogP contribution >= 0.6 is 0 Å². The van der Waals surface area contributed by atoms with E-state index in [1.165, 1.54) is 360 Å². The normalized spacial score (nSPS) is 17.3. The van der Waals surface area contributed by atoms with Gasteiger partial charge in [-0.05, 0) is 57.8 Å². The van der Waals surface area contributed by atoms with Crippen LogP contribution in [-0.2, 0) is 23.8 Å². The van der Waals surface area contributed by atoms with E-state index in [1.807, 2.05) is 6.08 Å². The molecule has 0 aliphatic carbocycles. The second kappa shape index (κ2) is 77.0. The summed E-state index contributed by atoms with van der Waals surface area (Å²) in [5.41, 5.74) is 0. The van der Waals surface area contributed by atoms with E-state index in [2.05, 4.69) is 43.5 Å². The first-order chi connectivity index (χ1) is 48.7. The van der Waals surface area contributed by atoms with E-state index in [4.69, 9.17) is 14.2 Å². The lowest BCUT2D eigenvalue weighted by molar-refractivity contribution is -0.302. The van der Waals surface area contributed by atoms with Gasteiger partial charge in [-0.15, -0.1) is 0 Å². The first-order valence-corrected chi connectivity index (χ1v) is 43.8. The number of rotatable bonds is 79. The number of carbonyl (C=O) groups excluding carboxylic acids is 2. The molecule has 1 heterocycles. The summed E-state index contributed by atoms with van der Waals surface area (Å²) in [6, 6.07) is -0.831.